The van der Waals surface area contributed by atoms with E-state index in [0.717, 1.165) is 19.3 Å². The van der Waals surface area contributed by atoms with Crippen molar-refractivity contribution in [2.45, 2.75) is 96.4 Å². The molecule has 0 unspecified atom stereocenters. The van der Waals surface area contributed by atoms with Crippen LogP contribution in [0.15, 0.2) is 30.3 Å². The van der Waals surface area contributed by atoms with E-state index in [-0.39, 0.29) is 28.3 Å². The first-order valence-corrected chi connectivity index (χ1v) is 12.4. The van der Waals surface area contributed by atoms with Gasteiger partial charge >= 0.3 is 14.5 Å². The Morgan fingerprint density at radius 3 is 2.14 bits per heavy atom. The standard InChI is InChI=1S/C23H38O4Si/c1-8-25-21(24)17-20-16-19(15-14-18-12-10-9-11-13-18)26-28(27-20,22(2,3)4)23(5,6)7/h9-13,19-20H,8,14-17H2,1-7H3/t19-,20-/m0/s1. The van der Waals surface area contributed by atoms with Crippen LogP contribution in [0.25, 0.3) is 0 Å². The second-order valence-corrected chi connectivity index (χ2v) is 14.6. The van der Waals surface area contributed by atoms with E-state index in [0.29, 0.717) is 13.0 Å². The molecule has 5 heteroatoms. The number of carbonyl (C=O) groups is 1. The molecule has 0 bridgehead atoms. The second-order valence-electron chi connectivity index (χ2n) is 9.87. The maximum atomic E-state index is 12.2. The van der Waals surface area contributed by atoms with Crippen LogP contribution < -0.4 is 0 Å². The van der Waals surface area contributed by atoms with Gasteiger partial charge in [0.15, 0.2) is 0 Å². The summed E-state index contributed by atoms with van der Waals surface area (Å²) >= 11 is 0. The van der Waals surface area contributed by atoms with E-state index in [9.17, 15) is 4.79 Å². The van der Waals surface area contributed by atoms with Crippen molar-refractivity contribution in [3.05, 3.63) is 35.9 Å². The van der Waals surface area contributed by atoms with Crippen LogP contribution in [0, 0.1) is 0 Å². The quantitative estimate of drug-likeness (QED) is 0.443. The topological polar surface area (TPSA) is 44.8 Å². The van der Waals surface area contributed by atoms with Crippen LogP contribution in [0.5, 0.6) is 0 Å². The van der Waals surface area contributed by atoms with Crippen molar-refractivity contribution in [3.63, 3.8) is 0 Å². The third kappa shape index (κ3) is 5.46. The van der Waals surface area contributed by atoms with Gasteiger partial charge in [-0.05, 0) is 31.7 Å². The van der Waals surface area contributed by atoms with E-state index >= 15 is 0 Å². The average molecular weight is 407 g/mol. The van der Waals surface area contributed by atoms with E-state index in [2.05, 4.69) is 65.8 Å². The van der Waals surface area contributed by atoms with Crippen molar-refractivity contribution in [1.29, 1.82) is 0 Å². The Hall–Kier alpha value is -1.17. The lowest BCUT2D eigenvalue weighted by Crippen LogP contribution is -2.63. The second kappa shape index (κ2) is 9.10. The van der Waals surface area contributed by atoms with E-state index < -0.39 is 8.56 Å². The smallest absolute Gasteiger partial charge is 0.349 e. The average Bonchev–Trinajstić information content (AvgIpc) is 2.59. The van der Waals surface area contributed by atoms with Gasteiger partial charge in [-0.1, -0.05) is 71.9 Å². The maximum absolute atomic E-state index is 12.2. The molecule has 4 nitrogen and oxygen atoms in total. The fourth-order valence-electron chi connectivity index (χ4n) is 4.40. The van der Waals surface area contributed by atoms with Gasteiger partial charge in [-0.2, -0.15) is 0 Å². The van der Waals surface area contributed by atoms with Gasteiger partial charge < -0.3 is 13.6 Å². The maximum Gasteiger partial charge on any atom is 0.349 e. The van der Waals surface area contributed by atoms with Crippen molar-refractivity contribution in [2.75, 3.05) is 6.61 Å². The summed E-state index contributed by atoms with van der Waals surface area (Å²) in [7, 11) is -2.65. The SMILES string of the molecule is CCOC(=O)C[C@@H]1C[C@H](CCc2ccccc2)O[Si](C(C)(C)C)(C(C)(C)C)O1. The molecule has 2 rings (SSSR count). The highest BCUT2D eigenvalue weighted by Crippen LogP contribution is 2.55. The third-order valence-corrected chi connectivity index (χ3v) is 10.7. The molecule has 158 valence electrons. The minimum atomic E-state index is -2.65. The molecule has 2 atom stereocenters. The predicted octanol–water partition coefficient (Wildman–Crippen LogP) is 5.79. The lowest BCUT2D eigenvalue weighted by molar-refractivity contribution is -0.147. The molecule has 1 heterocycles. The van der Waals surface area contributed by atoms with E-state index in [4.69, 9.17) is 13.6 Å². The molecule has 1 aromatic rings. The fourth-order valence-corrected chi connectivity index (χ4v) is 9.45. The highest BCUT2D eigenvalue weighted by molar-refractivity contribution is 6.73. The number of rotatable bonds is 6. The molecule has 0 aliphatic carbocycles. The Kier molecular flexibility index (Phi) is 7.51. The molecular weight excluding hydrogens is 368 g/mol. The molecular formula is C23H38O4Si. The van der Waals surface area contributed by atoms with Crippen molar-refractivity contribution < 1.29 is 18.4 Å². The zero-order valence-electron chi connectivity index (χ0n) is 18.7. The molecule has 0 amide bonds. The van der Waals surface area contributed by atoms with Crippen molar-refractivity contribution in [2.24, 2.45) is 0 Å². The molecule has 1 aliphatic rings. The molecule has 1 fully saturated rings. The minimum absolute atomic E-state index is 0.0958. The van der Waals surface area contributed by atoms with Crippen LogP contribution in [-0.4, -0.2) is 33.3 Å². The third-order valence-electron chi connectivity index (χ3n) is 5.46. The molecule has 0 saturated carbocycles. The number of benzene rings is 1. The lowest BCUT2D eigenvalue weighted by atomic mass is 10.0. The minimum Gasteiger partial charge on any atom is -0.466 e. The first-order valence-electron chi connectivity index (χ1n) is 10.5. The monoisotopic (exact) mass is 406 g/mol. The molecule has 0 spiro atoms. The zero-order chi connectivity index (χ0) is 21.0. The zero-order valence-corrected chi connectivity index (χ0v) is 19.7. The van der Waals surface area contributed by atoms with Gasteiger partial charge in [-0.15, -0.1) is 0 Å². The van der Waals surface area contributed by atoms with Gasteiger partial charge in [-0.3, -0.25) is 4.79 Å². The molecule has 1 aromatic carbocycles. The highest BCUT2D eigenvalue weighted by atomic mass is 28.4. The summed E-state index contributed by atoms with van der Waals surface area (Å²) in [6.07, 6.45) is 2.91. The van der Waals surface area contributed by atoms with Crippen molar-refractivity contribution in [1.82, 2.24) is 0 Å². The van der Waals surface area contributed by atoms with Gasteiger partial charge in [0, 0.05) is 10.1 Å². The van der Waals surface area contributed by atoms with Gasteiger partial charge in [0.05, 0.1) is 25.2 Å². The summed E-state index contributed by atoms with van der Waals surface area (Å²) in [5.74, 6) is -0.179. The Bertz CT molecular complexity index is 616. The number of hydrogen-bond acceptors (Lipinski definition) is 4. The first-order chi connectivity index (χ1) is 13.0. The van der Waals surface area contributed by atoms with Gasteiger partial charge in [0.2, 0.25) is 0 Å². The number of carbonyl (C=O) groups excluding carboxylic acids is 1. The van der Waals surface area contributed by atoms with Crippen LogP contribution in [-0.2, 0) is 24.8 Å². The molecule has 0 N–H and O–H groups in total. The van der Waals surface area contributed by atoms with Gasteiger partial charge in [0.25, 0.3) is 0 Å². The van der Waals surface area contributed by atoms with Crippen LogP contribution in [0.2, 0.25) is 10.1 Å². The number of esters is 1. The summed E-state index contributed by atoms with van der Waals surface area (Å²) in [5.41, 5.74) is 1.32. The number of ether oxygens (including phenoxy) is 1. The summed E-state index contributed by atoms with van der Waals surface area (Å²) < 4.78 is 18.8. The Balaban J connectivity index is 2.25. The molecule has 0 aromatic heterocycles. The molecule has 0 radical (unpaired) electrons. The Morgan fingerprint density at radius 2 is 1.61 bits per heavy atom. The largest absolute Gasteiger partial charge is 0.466 e. The summed E-state index contributed by atoms with van der Waals surface area (Å²) in [5, 5.41) is -0.215. The predicted molar refractivity (Wildman–Crippen MR) is 116 cm³/mol. The van der Waals surface area contributed by atoms with Gasteiger partial charge in [0.1, 0.15) is 0 Å². The Morgan fingerprint density at radius 1 is 1.04 bits per heavy atom. The van der Waals surface area contributed by atoms with Crippen LogP contribution in [0.3, 0.4) is 0 Å². The van der Waals surface area contributed by atoms with Crippen molar-refractivity contribution >= 4 is 14.5 Å². The molecule has 1 saturated heterocycles. The molecule has 1 aliphatic heterocycles. The lowest BCUT2D eigenvalue weighted by Gasteiger charge is -2.55. The normalized spacial score (nSPS) is 22.7. The van der Waals surface area contributed by atoms with E-state index in [1.165, 1.54) is 5.56 Å². The highest BCUT2D eigenvalue weighted by Gasteiger charge is 2.62. The summed E-state index contributed by atoms with van der Waals surface area (Å²) in [6.45, 7) is 15.5. The van der Waals surface area contributed by atoms with Crippen molar-refractivity contribution in [3.8, 4) is 0 Å². The number of hydrogen-bond donors (Lipinski definition) is 0. The summed E-state index contributed by atoms with van der Waals surface area (Å²) in [6, 6.07) is 10.5. The van der Waals surface area contributed by atoms with Gasteiger partial charge in [-0.25, -0.2) is 0 Å². The van der Waals surface area contributed by atoms with Crippen LogP contribution in [0.1, 0.15) is 73.3 Å². The first kappa shape index (κ1) is 23.1. The number of aryl methyl sites for hydroxylation is 1. The van der Waals surface area contributed by atoms with Crippen LogP contribution in [0.4, 0.5) is 0 Å². The van der Waals surface area contributed by atoms with E-state index in [1.807, 2.05) is 13.0 Å². The Labute approximate surface area is 172 Å². The summed E-state index contributed by atoms with van der Waals surface area (Å²) in [4.78, 5) is 12.2. The van der Waals surface area contributed by atoms with E-state index in [1.54, 1.807) is 0 Å². The fraction of sp³-hybridized carbons (Fsp3) is 0.696. The molecule has 28 heavy (non-hydrogen) atoms. The van der Waals surface area contributed by atoms with Crippen LogP contribution >= 0.6 is 0 Å².